The zero-order valence-electron chi connectivity index (χ0n) is 8.12. The van der Waals surface area contributed by atoms with E-state index in [1.807, 2.05) is 12.3 Å². The molecule has 0 radical (unpaired) electrons. The molecule has 74 valence electrons. The van der Waals surface area contributed by atoms with Crippen molar-refractivity contribution in [2.75, 3.05) is 5.75 Å². The highest BCUT2D eigenvalue weighted by atomic mass is 79.9. The van der Waals surface area contributed by atoms with Gasteiger partial charge in [-0.15, -0.1) is 11.8 Å². The first-order valence-electron chi connectivity index (χ1n) is 4.30. The number of rotatable bonds is 3. The Balaban J connectivity index is 2.98. The van der Waals surface area contributed by atoms with E-state index in [0.717, 1.165) is 9.50 Å². The molecule has 1 aromatic heterocycles. The van der Waals surface area contributed by atoms with Gasteiger partial charge in [0.05, 0.1) is 11.8 Å². The Bertz CT molecular complexity index is 358. The summed E-state index contributed by atoms with van der Waals surface area (Å²) in [4.78, 5) is 5.33. The molecule has 0 aliphatic rings. The summed E-state index contributed by atoms with van der Waals surface area (Å²) in [6.07, 6.45) is 1.87. The maximum absolute atomic E-state index is 8.53. The normalized spacial score (nSPS) is 10.2. The van der Waals surface area contributed by atoms with Crippen LogP contribution >= 0.6 is 27.7 Å². The number of pyridine rings is 1. The molecule has 0 saturated heterocycles. The van der Waals surface area contributed by atoms with Gasteiger partial charge < -0.3 is 0 Å². The number of nitriles is 1. The van der Waals surface area contributed by atoms with Crippen LogP contribution in [-0.4, -0.2) is 10.7 Å². The van der Waals surface area contributed by atoms with Crippen molar-refractivity contribution in [1.82, 2.24) is 4.98 Å². The SMILES string of the molecule is CC(C)c1cnc(Br)cc1SCC#N. The number of nitrogens with zero attached hydrogens (tertiary/aromatic N) is 2. The maximum Gasteiger partial charge on any atom is 0.107 e. The molecule has 0 saturated carbocycles. The van der Waals surface area contributed by atoms with Gasteiger partial charge in [-0.3, -0.25) is 0 Å². The Morgan fingerprint density at radius 3 is 2.93 bits per heavy atom. The zero-order chi connectivity index (χ0) is 10.6. The molecule has 0 aromatic carbocycles. The van der Waals surface area contributed by atoms with Crippen LogP contribution in [0.4, 0.5) is 0 Å². The fraction of sp³-hybridized carbons (Fsp3) is 0.400. The van der Waals surface area contributed by atoms with Gasteiger partial charge in [0.25, 0.3) is 0 Å². The lowest BCUT2D eigenvalue weighted by molar-refractivity contribution is 0.830. The van der Waals surface area contributed by atoms with E-state index >= 15 is 0 Å². The van der Waals surface area contributed by atoms with Crippen molar-refractivity contribution in [2.45, 2.75) is 24.7 Å². The van der Waals surface area contributed by atoms with E-state index in [1.54, 1.807) is 11.8 Å². The van der Waals surface area contributed by atoms with Crippen molar-refractivity contribution in [2.24, 2.45) is 0 Å². The van der Waals surface area contributed by atoms with Gasteiger partial charge in [0.1, 0.15) is 4.60 Å². The van der Waals surface area contributed by atoms with E-state index in [0.29, 0.717) is 11.7 Å². The Kier molecular flexibility index (Phi) is 4.43. The Morgan fingerprint density at radius 1 is 1.64 bits per heavy atom. The highest BCUT2D eigenvalue weighted by Gasteiger charge is 2.08. The van der Waals surface area contributed by atoms with Gasteiger partial charge in [-0.25, -0.2) is 4.98 Å². The molecule has 0 bridgehead atoms. The number of thioether (sulfide) groups is 1. The zero-order valence-corrected chi connectivity index (χ0v) is 10.5. The monoisotopic (exact) mass is 270 g/mol. The van der Waals surface area contributed by atoms with Crippen molar-refractivity contribution in [3.8, 4) is 6.07 Å². The van der Waals surface area contributed by atoms with E-state index in [-0.39, 0.29) is 0 Å². The molecule has 0 spiro atoms. The molecule has 1 heterocycles. The first kappa shape index (κ1) is 11.5. The molecule has 0 aliphatic carbocycles. The van der Waals surface area contributed by atoms with Crippen molar-refractivity contribution < 1.29 is 0 Å². The molecule has 0 unspecified atom stereocenters. The van der Waals surface area contributed by atoms with Crippen LogP contribution in [-0.2, 0) is 0 Å². The number of halogens is 1. The van der Waals surface area contributed by atoms with Crippen LogP contribution in [0.1, 0.15) is 25.3 Å². The number of hydrogen-bond acceptors (Lipinski definition) is 3. The van der Waals surface area contributed by atoms with Crippen LogP contribution in [0.5, 0.6) is 0 Å². The minimum Gasteiger partial charge on any atom is -0.249 e. The molecule has 2 nitrogen and oxygen atoms in total. The molecule has 14 heavy (non-hydrogen) atoms. The molecule has 4 heteroatoms. The molecule has 1 aromatic rings. The van der Waals surface area contributed by atoms with Crippen LogP contribution in [0.15, 0.2) is 21.8 Å². The second-order valence-corrected chi connectivity index (χ2v) is 4.98. The van der Waals surface area contributed by atoms with E-state index in [9.17, 15) is 0 Å². The summed E-state index contributed by atoms with van der Waals surface area (Å²) in [5.74, 6) is 0.924. The van der Waals surface area contributed by atoms with Gasteiger partial charge in [-0.05, 0) is 33.5 Å². The van der Waals surface area contributed by atoms with Gasteiger partial charge >= 0.3 is 0 Å². The molecule has 1 rings (SSSR count). The van der Waals surface area contributed by atoms with Crippen LogP contribution in [0, 0.1) is 11.3 Å². The second-order valence-electron chi connectivity index (χ2n) is 3.15. The highest BCUT2D eigenvalue weighted by molar-refractivity contribution is 9.10. The average molecular weight is 271 g/mol. The van der Waals surface area contributed by atoms with Gasteiger partial charge in [0, 0.05) is 11.1 Å². The standard InChI is InChI=1S/C10H11BrN2S/c1-7(2)8-6-13-10(11)5-9(8)14-4-3-12/h5-7H,4H2,1-2H3. The Labute approximate surface area is 96.9 Å². The fourth-order valence-corrected chi connectivity index (χ4v) is 2.45. The molecular formula is C10H11BrN2S. The van der Waals surface area contributed by atoms with E-state index in [4.69, 9.17) is 5.26 Å². The summed E-state index contributed by atoms with van der Waals surface area (Å²) in [6.45, 7) is 4.25. The largest absolute Gasteiger partial charge is 0.249 e. The highest BCUT2D eigenvalue weighted by Crippen LogP contribution is 2.29. The van der Waals surface area contributed by atoms with Crippen LogP contribution < -0.4 is 0 Å². The number of aromatic nitrogens is 1. The van der Waals surface area contributed by atoms with Gasteiger partial charge in [-0.2, -0.15) is 5.26 Å². The molecule has 0 fully saturated rings. The van der Waals surface area contributed by atoms with E-state index in [1.165, 1.54) is 5.56 Å². The maximum atomic E-state index is 8.53. The van der Waals surface area contributed by atoms with Crippen LogP contribution in [0.2, 0.25) is 0 Å². The third-order valence-corrected chi connectivity index (χ3v) is 3.15. The summed E-state index contributed by atoms with van der Waals surface area (Å²) in [6, 6.07) is 4.10. The molecule has 0 amide bonds. The van der Waals surface area contributed by atoms with E-state index < -0.39 is 0 Å². The van der Waals surface area contributed by atoms with Crippen molar-refractivity contribution in [3.63, 3.8) is 0 Å². The molecule has 0 N–H and O–H groups in total. The molecular weight excluding hydrogens is 260 g/mol. The topological polar surface area (TPSA) is 36.7 Å². The average Bonchev–Trinajstić information content (AvgIpc) is 2.14. The fourth-order valence-electron chi connectivity index (χ4n) is 1.09. The predicted molar refractivity (Wildman–Crippen MR) is 62.4 cm³/mol. The van der Waals surface area contributed by atoms with Crippen molar-refractivity contribution in [3.05, 3.63) is 22.4 Å². The van der Waals surface area contributed by atoms with Crippen molar-refractivity contribution in [1.29, 1.82) is 5.26 Å². The Morgan fingerprint density at radius 2 is 2.36 bits per heavy atom. The Hall–Kier alpha value is -0.530. The lowest BCUT2D eigenvalue weighted by Gasteiger charge is -2.10. The van der Waals surface area contributed by atoms with Gasteiger partial charge in [0.2, 0.25) is 0 Å². The predicted octanol–water partition coefficient (Wildman–Crippen LogP) is 3.58. The summed E-state index contributed by atoms with van der Waals surface area (Å²) in [7, 11) is 0. The smallest absolute Gasteiger partial charge is 0.107 e. The third-order valence-electron chi connectivity index (χ3n) is 1.78. The lowest BCUT2D eigenvalue weighted by atomic mass is 10.1. The minimum absolute atomic E-state index is 0.441. The van der Waals surface area contributed by atoms with Crippen LogP contribution in [0.25, 0.3) is 0 Å². The van der Waals surface area contributed by atoms with Gasteiger partial charge in [-0.1, -0.05) is 13.8 Å². The summed E-state index contributed by atoms with van der Waals surface area (Å²) in [5, 5.41) is 8.53. The second kappa shape index (κ2) is 5.38. The first-order chi connectivity index (χ1) is 6.65. The van der Waals surface area contributed by atoms with Gasteiger partial charge in [0.15, 0.2) is 0 Å². The quantitative estimate of drug-likeness (QED) is 0.622. The molecule has 0 aliphatic heterocycles. The first-order valence-corrected chi connectivity index (χ1v) is 6.08. The summed E-state index contributed by atoms with van der Waals surface area (Å²) < 4.78 is 0.822. The minimum atomic E-state index is 0.441. The molecule has 0 atom stereocenters. The summed E-state index contributed by atoms with van der Waals surface area (Å²) in [5.41, 5.74) is 1.20. The third kappa shape index (κ3) is 3.00. The summed E-state index contributed by atoms with van der Waals surface area (Å²) >= 11 is 4.89. The van der Waals surface area contributed by atoms with Crippen molar-refractivity contribution >= 4 is 27.7 Å². The van der Waals surface area contributed by atoms with E-state index in [2.05, 4.69) is 40.8 Å². The van der Waals surface area contributed by atoms with Crippen LogP contribution in [0.3, 0.4) is 0 Å². The lowest BCUT2D eigenvalue weighted by Crippen LogP contribution is -1.93. The number of hydrogen-bond donors (Lipinski definition) is 0.